The van der Waals surface area contributed by atoms with Crippen LogP contribution in [0, 0.1) is 18.8 Å². The fourth-order valence-corrected chi connectivity index (χ4v) is 3.63. The van der Waals surface area contributed by atoms with Crippen LogP contribution in [0.1, 0.15) is 22.8 Å². The predicted molar refractivity (Wildman–Crippen MR) is 79.2 cm³/mol. The van der Waals surface area contributed by atoms with Crippen molar-refractivity contribution in [3.05, 3.63) is 33.8 Å². The summed E-state index contributed by atoms with van der Waals surface area (Å²) in [6.45, 7) is 7.20. The number of hydrogen-bond acceptors (Lipinski definition) is 2. The van der Waals surface area contributed by atoms with Gasteiger partial charge in [-0.2, -0.15) is 0 Å². The van der Waals surface area contributed by atoms with Crippen molar-refractivity contribution in [3.8, 4) is 0 Å². The molecule has 3 unspecified atom stereocenters. The monoisotopic (exact) mass is 322 g/mol. The molecule has 1 aromatic carbocycles. The molecule has 1 aromatic rings. The van der Waals surface area contributed by atoms with Gasteiger partial charge in [0.15, 0.2) is 0 Å². The third-order valence-electron chi connectivity index (χ3n) is 4.60. The Hall–Kier alpha value is -0.870. The molecular formula is C15H19BrN2O. The summed E-state index contributed by atoms with van der Waals surface area (Å²) in [6.07, 6.45) is 0. The minimum absolute atomic E-state index is 0.178. The summed E-state index contributed by atoms with van der Waals surface area (Å²) in [6, 6.07) is 6.20. The van der Waals surface area contributed by atoms with Crippen LogP contribution in [0.25, 0.3) is 0 Å². The van der Waals surface area contributed by atoms with Gasteiger partial charge in [0.25, 0.3) is 5.91 Å². The summed E-state index contributed by atoms with van der Waals surface area (Å²) in [5, 5.41) is 3.43. The zero-order valence-corrected chi connectivity index (χ0v) is 12.9. The molecule has 0 saturated carbocycles. The second-order valence-electron chi connectivity index (χ2n) is 5.74. The molecule has 0 radical (unpaired) electrons. The van der Waals surface area contributed by atoms with Crippen LogP contribution in [0.15, 0.2) is 22.7 Å². The van der Waals surface area contributed by atoms with Crippen LogP contribution in [-0.4, -0.2) is 36.5 Å². The van der Waals surface area contributed by atoms with Crippen LogP contribution in [0.3, 0.4) is 0 Å². The van der Waals surface area contributed by atoms with Crippen molar-refractivity contribution in [2.75, 3.05) is 19.6 Å². The molecule has 102 valence electrons. The molecule has 19 heavy (non-hydrogen) atoms. The lowest BCUT2D eigenvalue weighted by Gasteiger charge is -2.24. The lowest BCUT2D eigenvalue weighted by molar-refractivity contribution is 0.0728. The summed E-state index contributed by atoms with van der Waals surface area (Å²) in [5.41, 5.74) is 1.92. The van der Waals surface area contributed by atoms with Gasteiger partial charge in [-0.1, -0.05) is 15.9 Å². The quantitative estimate of drug-likeness (QED) is 0.861. The van der Waals surface area contributed by atoms with E-state index in [9.17, 15) is 4.79 Å². The van der Waals surface area contributed by atoms with Gasteiger partial charge in [0.1, 0.15) is 0 Å². The molecule has 4 heteroatoms. The van der Waals surface area contributed by atoms with Gasteiger partial charge >= 0.3 is 0 Å². The van der Waals surface area contributed by atoms with Crippen LogP contribution < -0.4 is 5.32 Å². The van der Waals surface area contributed by atoms with Crippen molar-refractivity contribution in [3.63, 3.8) is 0 Å². The number of nitrogens with zero attached hydrogens (tertiary/aromatic N) is 1. The standard InChI is InChI=1S/C15H19BrN2O/c1-9-5-11(3-4-14(9)16)15(19)18-8-12-6-17-7-13(12)10(18)2/h3-5,10,12-13,17H,6-8H2,1-2H3. The molecule has 3 atom stereocenters. The Morgan fingerprint density at radius 3 is 2.89 bits per heavy atom. The highest BCUT2D eigenvalue weighted by Crippen LogP contribution is 2.33. The molecule has 2 aliphatic rings. The Balaban J connectivity index is 1.82. The highest BCUT2D eigenvalue weighted by Gasteiger charge is 2.43. The third-order valence-corrected chi connectivity index (χ3v) is 5.49. The van der Waals surface area contributed by atoms with Crippen LogP contribution in [0.5, 0.6) is 0 Å². The maximum absolute atomic E-state index is 12.6. The van der Waals surface area contributed by atoms with Crippen LogP contribution in [-0.2, 0) is 0 Å². The summed E-state index contributed by atoms with van der Waals surface area (Å²) >= 11 is 3.48. The minimum atomic E-state index is 0.178. The maximum Gasteiger partial charge on any atom is 0.254 e. The molecule has 1 N–H and O–H groups in total. The number of likely N-dealkylation sites (tertiary alicyclic amines) is 1. The van der Waals surface area contributed by atoms with Crippen molar-refractivity contribution in [2.45, 2.75) is 19.9 Å². The topological polar surface area (TPSA) is 32.3 Å². The zero-order chi connectivity index (χ0) is 13.6. The Morgan fingerprint density at radius 2 is 2.21 bits per heavy atom. The van der Waals surface area contributed by atoms with E-state index in [-0.39, 0.29) is 5.91 Å². The molecule has 3 nitrogen and oxygen atoms in total. The largest absolute Gasteiger partial charge is 0.335 e. The first-order valence-corrected chi connectivity index (χ1v) is 7.65. The first-order valence-electron chi connectivity index (χ1n) is 6.86. The van der Waals surface area contributed by atoms with E-state index in [1.54, 1.807) is 0 Å². The molecule has 2 fully saturated rings. The van der Waals surface area contributed by atoms with Crippen LogP contribution in [0.2, 0.25) is 0 Å². The van der Waals surface area contributed by atoms with E-state index in [1.165, 1.54) is 0 Å². The van der Waals surface area contributed by atoms with Gasteiger partial charge in [-0.05, 0) is 49.4 Å². The Labute approximate surface area is 122 Å². The number of carbonyl (C=O) groups excluding carboxylic acids is 1. The van der Waals surface area contributed by atoms with Gasteiger partial charge in [0.2, 0.25) is 0 Å². The highest BCUT2D eigenvalue weighted by atomic mass is 79.9. The SMILES string of the molecule is Cc1cc(C(=O)N2CC3CNCC3C2C)ccc1Br. The number of hydrogen-bond donors (Lipinski definition) is 1. The molecule has 0 spiro atoms. The molecule has 3 rings (SSSR count). The average molecular weight is 323 g/mol. The first kappa shape index (κ1) is 13.1. The van der Waals surface area contributed by atoms with Gasteiger partial charge in [0, 0.05) is 35.7 Å². The molecule has 2 saturated heterocycles. The van der Waals surface area contributed by atoms with Gasteiger partial charge in [-0.3, -0.25) is 4.79 Å². The van der Waals surface area contributed by atoms with Gasteiger partial charge in [-0.25, -0.2) is 0 Å². The third kappa shape index (κ3) is 2.21. The van der Waals surface area contributed by atoms with Crippen molar-refractivity contribution < 1.29 is 4.79 Å². The predicted octanol–water partition coefficient (Wildman–Crippen LogP) is 2.44. The van der Waals surface area contributed by atoms with Crippen molar-refractivity contribution in [2.24, 2.45) is 11.8 Å². The minimum Gasteiger partial charge on any atom is -0.335 e. The molecule has 2 aliphatic heterocycles. The number of rotatable bonds is 1. The van der Waals surface area contributed by atoms with E-state index in [4.69, 9.17) is 0 Å². The van der Waals surface area contributed by atoms with Crippen molar-refractivity contribution in [1.82, 2.24) is 10.2 Å². The molecule has 0 aromatic heterocycles. The Bertz CT molecular complexity index is 517. The molecular weight excluding hydrogens is 304 g/mol. The number of nitrogens with one attached hydrogen (secondary N) is 1. The lowest BCUT2D eigenvalue weighted by atomic mass is 9.95. The Morgan fingerprint density at radius 1 is 1.42 bits per heavy atom. The first-order chi connectivity index (χ1) is 9.08. The number of carbonyl (C=O) groups is 1. The summed E-state index contributed by atoms with van der Waals surface area (Å²) in [5.74, 6) is 1.44. The van der Waals surface area contributed by atoms with Crippen molar-refractivity contribution in [1.29, 1.82) is 0 Å². The molecule has 0 aliphatic carbocycles. The average Bonchev–Trinajstić information content (AvgIpc) is 2.95. The van der Waals surface area contributed by atoms with Crippen molar-refractivity contribution >= 4 is 21.8 Å². The van der Waals surface area contributed by atoms with E-state index < -0.39 is 0 Å². The van der Waals surface area contributed by atoms with E-state index in [1.807, 2.05) is 25.1 Å². The fourth-order valence-electron chi connectivity index (χ4n) is 3.38. The second-order valence-corrected chi connectivity index (χ2v) is 6.60. The van der Waals surface area contributed by atoms with E-state index >= 15 is 0 Å². The second kappa shape index (κ2) is 4.91. The van der Waals surface area contributed by atoms with Gasteiger partial charge < -0.3 is 10.2 Å². The van der Waals surface area contributed by atoms with E-state index in [0.29, 0.717) is 17.9 Å². The summed E-state index contributed by atoms with van der Waals surface area (Å²) < 4.78 is 1.06. The fraction of sp³-hybridized carbons (Fsp3) is 0.533. The number of benzene rings is 1. The number of amides is 1. The maximum atomic E-state index is 12.6. The molecule has 2 heterocycles. The summed E-state index contributed by atoms with van der Waals surface area (Å²) in [7, 11) is 0. The van der Waals surface area contributed by atoms with E-state index in [0.717, 1.165) is 35.2 Å². The number of aryl methyl sites for hydroxylation is 1. The number of fused-ring (bicyclic) bond motifs is 1. The summed E-state index contributed by atoms with van der Waals surface area (Å²) in [4.78, 5) is 14.7. The highest BCUT2D eigenvalue weighted by molar-refractivity contribution is 9.10. The number of halogens is 1. The smallest absolute Gasteiger partial charge is 0.254 e. The zero-order valence-electron chi connectivity index (χ0n) is 11.3. The Kier molecular flexibility index (Phi) is 3.39. The molecule has 0 bridgehead atoms. The van der Waals surface area contributed by atoms with Crippen LogP contribution in [0.4, 0.5) is 0 Å². The van der Waals surface area contributed by atoms with Gasteiger partial charge in [0.05, 0.1) is 0 Å². The van der Waals surface area contributed by atoms with Gasteiger partial charge in [-0.15, -0.1) is 0 Å². The lowest BCUT2D eigenvalue weighted by Crippen LogP contribution is -2.38. The van der Waals surface area contributed by atoms with Crippen LogP contribution >= 0.6 is 15.9 Å². The normalized spacial score (nSPS) is 29.6. The molecule has 1 amide bonds. The van der Waals surface area contributed by atoms with E-state index in [2.05, 4.69) is 33.1 Å².